The number of hydrogen-bond acceptors (Lipinski definition) is 4. The third-order valence-corrected chi connectivity index (χ3v) is 4.86. The second-order valence-electron chi connectivity index (χ2n) is 5.77. The fourth-order valence-electron chi connectivity index (χ4n) is 2.24. The quantitative estimate of drug-likeness (QED) is 0.262. The van der Waals surface area contributed by atoms with E-state index < -0.39 is 4.75 Å². The molecule has 0 bridgehead atoms. The first-order chi connectivity index (χ1) is 10.5. The summed E-state index contributed by atoms with van der Waals surface area (Å²) < 4.78 is 4.42. The zero-order chi connectivity index (χ0) is 16.8. The van der Waals surface area contributed by atoms with E-state index in [9.17, 15) is 9.59 Å². The van der Waals surface area contributed by atoms with Gasteiger partial charge in [-0.1, -0.05) is 63.3 Å². The normalized spacial score (nSPS) is 13.4. The maximum atomic E-state index is 12.2. The third kappa shape index (κ3) is 9.29. The van der Waals surface area contributed by atoms with Crippen LogP contribution in [0.5, 0.6) is 0 Å². The van der Waals surface area contributed by atoms with Crippen LogP contribution in [0.1, 0.15) is 78.6 Å². The number of esters is 1. The molecule has 1 unspecified atom stereocenters. The number of unbranched alkanes of at least 4 members (excludes halogenated alkanes) is 5. The van der Waals surface area contributed by atoms with Gasteiger partial charge < -0.3 is 4.74 Å². The van der Waals surface area contributed by atoms with E-state index in [2.05, 4.69) is 13.5 Å². The SMILES string of the molecule is C=CCCC(=O)SC(C)(CCCCCCCC)C(=O)OCC. The Balaban J connectivity index is 4.42. The molecule has 1 atom stereocenters. The molecule has 0 saturated heterocycles. The van der Waals surface area contributed by atoms with Crippen molar-refractivity contribution in [2.75, 3.05) is 6.61 Å². The number of hydrogen-bond donors (Lipinski definition) is 0. The average molecular weight is 329 g/mol. The van der Waals surface area contributed by atoms with Gasteiger partial charge in [0.15, 0.2) is 5.12 Å². The van der Waals surface area contributed by atoms with Gasteiger partial charge >= 0.3 is 5.97 Å². The molecule has 22 heavy (non-hydrogen) atoms. The van der Waals surface area contributed by atoms with E-state index in [1.54, 1.807) is 13.0 Å². The van der Waals surface area contributed by atoms with Crippen molar-refractivity contribution in [2.45, 2.75) is 83.3 Å². The van der Waals surface area contributed by atoms with Crippen LogP contribution in [0.4, 0.5) is 0 Å². The van der Waals surface area contributed by atoms with Crippen LogP contribution >= 0.6 is 11.8 Å². The molecule has 0 aromatic carbocycles. The van der Waals surface area contributed by atoms with Gasteiger partial charge in [-0.25, -0.2) is 0 Å². The van der Waals surface area contributed by atoms with Crippen LogP contribution in [0.25, 0.3) is 0 Å². The molecule has 0 aliphatic carbocycles. The summed E-state index contributed by atoms with van der Waals surface area (Å²) in [5.41, 5.74) is 0. The standard InChI is InChI=1S/C18H32O3S/c1-5-8-10-11-12-13-15-18(4,17(20)21-7-3)22-16(19)14-9-6-2/h6H,2,5,7-15H2,1,3-4H3. The van der Waals surface area contributed by atoms with Gasteiger partial charge in [-0.2, -0.15) is 0 Å². The highest BCUT2D eigenvalue weighted by atomic mass is 32.2. The van der Waals surface area contributed by atoms with E-state index in [0.29, 0.717) is 25.9 Å². The number of carbonyl (C=O) groups is 2. The Morgan fingerprint density at radius 2 is 1.77 bits per heavy atom. The van der Waals surface area contributed by atoms with E-state index in [1.807, 2.05) is 6.92 Å². The summed E-state index contributed by atoms with van der Waals surface area (Å²) in [4.78, 5) is 24.2. The van der Waals surface area contributed by atoms with Crippen molar-refractivity contribution in [3.05, 3.63) is 12.7 Å². The fraction of sp³-hybridized carbons (Fsp3) is 0.778. The molecule has 0 aliphatic rings. The van der Waals surface area contributed by atoms with Crippen molar-refractivity contribution in [3.63, 3.8) is 0 Å². The van der Waals surface area contributed by atoms with Gasteiger partial charge in [-0.3, -0.25) is 9.59 Å². The first-order valence-electron chi connectivity index (χ1n) is 8.50. The van der Waals surface area contributed by atoms with Crippen LogP contribution in [0, 0.1) is 0 Å². The van der Waals surface area contributed by atoms with Crippen molar-refractivity contribution in [2.24, 2.45) is 0 Å². The van der Waals surface area contributed by atoms with Gasteiger partial charge in [0.1, 0.15) is 4.75 Å². The molecule has 0 aromatic heterocycles. The summed E-state index contributed by atoms with van der Waals surface area (Å²) in [6, 6.07) is 0. The second-order valence-corrected chi connectivity index (χ2v) is 7.33. The van der Waals surface area contributed by atoms with Crippen LogP contribution in [0.15, 0.2) is 12.7 Å². The molecule has 0 aliphatic heterocycles. The minimum atomic E-state index is -0.751. The second kappa shape index (κ2) is 12.7. The fourth-order valence-corrected chi connectivity index (χ4v) is 3.35. The molecule has 0 rings (SSSR count). The molecule has 0 amide bonds. The maximum absolute atomic E-state index is 12.2. The molecule has 4 heteroatoms. The van der Waals surface area contributed by atoms with Gasteiger partial charge in [-0.15, -0.1) is 6.58 Å². The first-order valence-corrected chi connectivity index (χ1v) is 9.31. The Labute approximate surface area is 140 Å². The molecular weight excluding hydrogens is 296 g/mol. The van der Waals surface area contributed by atoms with Gasteiger partial charge in [0.2, 0.25) is 0 Å². The molecule has 0 aromatic rings. The largest absolute Gasteiger partial charge is 0.465 e. The molecule has 128 valence electrons. The van der Waals surface area contributed by atoms with E-state index >= 15 is 0 Å². The van der Waals surface area contributed by atoms with Crippen LogP contribution in [0.3, 0.4) is 0 Å². The van der Waals surface area contributed by atoms with Gasteiger partial charge in [0.25, 0.3) is 0 Å². The number of thioether (sulfide) groups is 1. The Hall–Kier alpha value is -0.770. The maximum Gasteiger partial charge on any atom is 0.322 e. The summed E-state index contributed by atoms with van der Waals surface area (Å²) in [6.45, 7) is 9.82. The summed E-state index contributed by atoms with van der Waals surface area (Å²) in [5.74, 6) is -0.263. The van der Waals surface area contributed by atoms with Crippen LogP contribution in [0.2, 0.25) is 0 Å². The van der Waals surface area contributed by atoms with E-state index in [0.717, 1.165) is 24.6 Å². The highest BCUT2D eigenvalue weighted by Crippen LogP contribution is 2.34. The molecule has 0 radical (unpaired) electrons. The number of rotatable bonds is 13. The minimum Gasteiger partial charge on any atom is -0.465 e. The zero-order valence-electron chi connectivity index (χ0n) is 14.5. The monoisotopic (exact) mass is 328 g/mol. The van der Waals surface area contributed by atoms with E-state index in [1.165, 1.54) is 25.7 Å². The van der Waals surface area contributed by atoms with Crippen LogP contribution in [-0.4, -0.2) is 22.4 Å². The van der Waals surface area contributed by atoms with Gasteiger partial charge in [0.05, 0.1) is 6.61 Å². The molecule has 0 N–H and O–H groups in total. The predicted octanol–water partition coefficient (Wildman–Crippen LogP) is 5.28. The van der Waals surface area contributed by atoms with Crippen molar-refractivity contribution in [1.82, 2.24) is 0 Å². The Morgan fingerprint density at radius 3 is 2.36 bits per heavy atom. The highest BCUT2D eigenvalue weighted by Gasteiger charge is 2.37. The van der Waals surface area contributed by atoms with Gasteiger partial charge in [-0.05, 0) is 26.7 Å². The Kier molecular flexibility index (Phi) is 12.3. The molecule has 0 spiro atoms. The summed E-state index contributed by atoms with van der Waals surface area (Å²) in [5, 5.41) is 0.0430. The van der Waals surface area contributed by atoms with Crippen molar-refractivity contribution in [3.8, 4) is 0 Å². The summed E-state index contributed by atoms with van der Waals surface area (Å²) in [7, 11) is 0. The summed E-state index contributed by atoms with van der Waals surface area (Å²) >= 11 is 1.14. The predicted molar refractivity (Wildman–Crippen MR) is 95.1 cm³/mol. The Bertz CT molecular complexity index is 341. The van der Waals surface area contributed by atoms with Crippen molar-refractivity contribution < 1.29 is 14.3 Å². The third-order valence-electron chi connectivity index (χ3n) is 3.61. The lowest BCUT2D eigenvalue weighted by atomic mass is 10.0. The smallest absolute Gasteiger partial charge is 0.322 e. The number of ether oxygens (including phenoxy) is 1. The number of carbonyl (C=O) groups excluding carboxylic acids is 2. The van der Waals surface area contributed by atoms with E-state index in [4.69, 9.17) is 4.74 Å². The van der Waals surface area contributed by atoms with Crippen molar-refractivity contribution >= 4 is 22.8 Å². The molecule has 0 fully saturated rings. The average Bonchev–Trinajstić information content (AvgIpc) is 2.49. The lowest BCUT2D eigenvalue weighted by Gasteiger charge is -2.25. The van der Waals surface area contributed by atoms with Crippen LogP contribution < -0.4 is 0 Å². The van der Waals surface area contributed by atoms with Crippen LogP contribution in [-0.2, 0) is 14.3 Å². The summed E-state index contributed by atoms with van der Waals surface area (Å²) in [6.07, 6.45) is 10.5. The topological polar surface area (TPSA) is 43.4 Å². The molecule has 0 saturated carbocycles. The Morgan fingerprint density at radius 1 is 1.14 bits per heavy atom. The van der Waals surface area contributed by atoms with Gasteiger partial charge in [0, 0.05) is 6.42 Å². The minimum absolute atomic E-state index is 0.0430. The first kappa shape index (κ1) is 21.2. The molecular formula is C18H32O3S. The highest BCUT2D eigenvalue weighted by molar-refractivity contribution is 8.15. The van der Waals surface area contributed by atoms with E-state index in [-0.39, 0.29) is 11.1 Å². The lowest BCUT2D eigenvalue weighted by molar-refractivity contribution is -0.146. The van der Waals surface area contributed by atoms with Crippen molar-refractivity contribution in [1.29, 1.82) is 0 Å². The molecule has 3 nitrogen and oxygen atoms in total. The molecule has 0 heterocycles. The number of allylic oxidation sites excluding steroid dienone is 1. The zero-order valence-corrected chi connectivity index (χ0v) is 15.3. The lowest BCUT2D eigenvalue weighted by Crippen LogP contribution is -2.35.